The summed E-state index contributed by atoms with van der Waals surface area (Å²) >= 11 is 0. The number of aromatic nitrogens is 1. The topological polar surface area (TPSA) is 115 Å². The van der Waals surface area contributed by atoms with Gasteiger partial charge in [-0.3, -0.25) is 4.79 Å². The smallest absolute Gasteiger partial charge is 0.316 e. The third kappa shape index (κ3) is 3.72. The number of benzene rings is 1. The number of rotatable bonds is 5. The number of nitrogen functional groups attached to an aromatic ring is 1. The summed E-state index contributed by atoms with van der Waals surface area (Å²) in [5.74, 6) is -1.03. The Labute approximate surface area is 122 Å². The summed E-state index contributed by atoms with van der Waals surface area (Å²) in [4.78, 5) is 15.5. The molecule has 0 aliphatic carbocycles. The van der Waals surface area contributed by atoms with E-state index in [9.17, 15) is 13.2 Å². The molecule has 1 aromatic heterocycles. The first-order valence-electron chi connectivity index (χ1n) is 6.43. The van der Waals surface area contributed by atoms with Gasteiger partial charge in [-0.15, -0.1) is 0 Å². The Morgan fingerprint density at radius 3 is 2.81 bits per heavy atom. The number of carbonyl (C=O) groups is 1. The molecule has 2 rings (SSSR count). The van der Waals surface area contributed by atoms with Gasteiger partial charge < -0.3 is 15.5 Å². The van der Waals surface area contributed by atoms with Crippen molar-refractivity contribution in [3.8, 4) is 0 Å². The van der Waals surface area contributed by atoms with Gasteiger partial charge in [-0.25, -0.2) is 8.42 Å². The summed E-state index contributed by atoms with van der Waals surface area (Å²) in [5.41, 5.74) is 6.69. The van der Waals surface area contributed by atoms with Gasteiger partial charge in [0.05, 0.1) is 0 Å². The van der Waals surface area contributed by atoms with Crippen LogP contribution in [0.2, 0.25) is 0 Å². The lowest BCUT2D eigenvalue weighted by atomic mass is 10.2. The van der Waals surface area contributed by atoms with E-state index in [2.05, 4.69) is 10.3 Å². The molecular formula is C13H17N3O4S. The molecule has 0 saturated heterocycles. The Morgan fingerprint density at radius 1 is 1.43 bits per heavy atom. The summed E-state index contributed by atoms with van der Waals surface area (Å²) in [6.07, 6.45) is 0. The Hall–Kier alpha value is -2.09. The molecule has 1 aromatic carbocycles. The van der Waals surface area contributed by atoms with Crippen LogP contribution in [0.1, 0.15) is 13.8 Å². The Balaban J connectivity index is 2.19. The van der Waals surface area contributed by atoms with Crippen LogP contribution < -0.4 is 11.1 Å². The van der Waals surface area contributed by atoms with E-state index in [0.29, 0.717) is 17.7 Å². The van der Waals surface area contributed by atoms with E-state index in [1.54, 1.807) is 12.1 Å². The molecule has 8 heteroatoms. The highest BCUT2D eigenvalue weighted by Crippen LogP contribution is 2.21. The molecule has 0 bridgehead atoms. The molecule has 0 unspecified atom stereocenters. The van der Waals surface area contributed by atoms with Crippen molar-refractivity contribution in [2.24, 2.45) is 5.92 Å². The maximum Gasteiger partial charge on any atom is 0.316 e. The van der Waals surface area contributed by atoms with Crippen LogP contribution in [0.4, 0.5) is 5.69 Å². The van der Waals surface area contributed by atoms with Crippen molar-refractivity contribution < 1.29 is 17.6 Å². The van der Waals surface area contributed by atoms with Crippen LogP contribution in [-0.4, -0.2) is 31.6 Å². The van der Waals surface area contributed by atoms with Gasteiger partial charge in [0.25, 0.3) is 0 Å². The van der Waals surface area contributed by atoms with Crippen molar-refractivity contribution in [3.63, 3.8) is 0 Å². The van der Waals surface area contributed by atoms with Crippen LogP contribution in [-0.2, 0) is 14.6 Å². The van der Waals surface area contributed by atoms with Gasteiger partial charge in [0.2, 0.25) is 15.7 Å². The first-order chi connectivity index (χ1) is 9.78. The third-order valence-electron chi connectivity index (χ3n) is 2.69. The number of oxazole rings is 1. The third-order valence-corrected chi connectivity index (χ3v) is 4.04. The van der Waals surface area contributed by atoms with Crippen molar-refractivity contribution in [2.75, 3.05) is 18.0 Å². The Morgan fingerprint density at radius 2 is 2.14 bits per heavy atom. The van der Waals surface area contributed by atoms with Crippen LogP contribution in [0, 0.1) is 5.92 Å². The summed E-state index contributed by atoms with van der Waals surface area (Å²) in [6, 6.07) is 4.64. The van der Waals surface area contributed by atoms with Gasteiger partial charge in [0, 0.05) is 18.3 Å². The number of nitrogens with one attached hydrogen (secondary N) is 1. The summed E-state index contributed by atoms with van der Waals surface area (Å²) in [5, 5.41) is 2.07. The molecule has 2 aromatic rings. The van der Waals surface area contributed by atoms with Crippen LogP contribution in [0.5, 0.6) is 0 Å². The zero-order chi connectivity index (χ0) is 15.6. The average Bonchev–Trinajstić information content (AvgIpc) is 2.79. The number of hydrogen-bond donors (Lipinski definition) is 2. The molecule has 0 atom stereocenters. The van der Waals surface area contributed by atoms with E-state index in [1.807, 2.05) is 13.8 Å². The lowest BCUT2D eigenvalue weighted by molar-refractivity contribution is -0.118. The number of hydrogen-bond acceptors (Lipinski definition) is 6. The van der Waals surface area contributed by atoms with Crippen molar-refractivity contribution in [3.05, 3.63) is 18.2 Å². The largest absolute Gasteiger partial charge is 0.428 e. The quantitative estimate of drug-likeness (QED) is 0.794. The normalized spacial score (nSPS) is 12.0. The van der Waals surface area contributed by atoms with E-state index in [1.165, 1.54) is 6.07 Å². The van der Waals surface area contributed by atoms with E-state index in [4.69, 9.17) is 10.2 Å². The standard InChI is InChI=1S/C13H17N3O4S/c1-8(2)6-15-12(17)7-21(18,19)13-16-10-4-3-9(14)5-11(10)20-13/h3-5,8H,6-7,14H2,1-2H3,(H,15,17). The molecule has 0 fully saturated rings. The highest BCUT2D eigenvalue weighted by Gasteiger charge is 2.25. The molecule has 0 aliphatic heterocycles. The fraction of sp³-hybridized carbons (Fsp3) is 0.385. The Kier molecular flexibility index (Phi) is 4.17. The second kappa shape index (κ2) is 5.72. The zero-order valence-corrected chi connectivity index (χ0v) is 12.6. The first-order valence-corrected chi connectivity index (χ1v) is 8.08. The summed E-state index contributed by atoms with van der Waals surface area (Å²) < 4.78 is 29.4. The number of nitrogens with zero attached hydrogens (tertiary/aromatic N) is 1. The fourth-order valence-corrected chi connectivity index (χ4v) is 2.68. The number of carbonyl (C=O) groups excluding carboxylic acids is 1. The van der Waals surface area contributed by atoms with Gasteiger partial charge in [0.15, 0.2) is 5.58 Å². The van der Waals surface area contributed by atoms with E-state index in [0.717, 1.165) is 0 Å². The number of sulfone groups is 1. The van der Waals surface area contributed by atoms with Crippen LogP contribution in [0.25, 0.3) is 11.1 Å². The van der Waals surface area contributed by atoms with Crippen molar-refractivity contribution >= 4 is 32.5 Å². The minimum absolute atomic E-state index is 0.240. The van der Waals surface area contributed by atoms with Crippen LogP contribution >= 0.6 is 0 Å². The molecule has 0 spiro atoms. The fourth-order valence-electron chi connectivity index (χ4n) is 1.66. The molecule has 1 heterocycles. The van der Waals surface area contributed by atoms with Crippen LogP contribution in [0.3, 0.4) is 0 Å². The van der Waals surface area contributed by atoms with E-state index < -0.39 is 26.7 Å². The maximum atomic E-state index is 12.1. The monoisotopic (exact) mass is 311 g/mol. The Bertz CT molecular complexity index is 765. The molecule has 7 nitrogen and oxygen atoms in total. The SMILES string of the molecule is CC(C)CNC(=O)CS(=O)(=O)c1nc2ccc(N)cc2o1. The van der Waals surface area contributed by atoms with Crippen molar-refractivity contribution in [1.82, 2.24) is 10.3 Å². The van der Waals surface area contributed by atoms with Gasteiger partial charge >= 0.3 is 5.22 Å². The van der Waals surface area contributed by atoms with Gasteiger partial charge in [-0.2, -0.15) is 4.98 Å². The minimum atomic E-state index is -3.91. The average molecular weight is 311 g/mol. The number of amides is 1. The highest BCUT2D eigenvalue weighted by molar-refractivity contribution is 7.91. The molecule has 21 heavy (non-hydrogen) atoms. The van der Waals surface area contributed by atoms with Crippen LogP contribution in [0.15, 0.2) is 27.8 Å². The molecule has 114 valence electrons. The molecule has 0 saturated carbocycles. The molecule has 1 amide bonds. The number of nitrogens with two attached hydrogens (primary N) is 1. The lowest BCUT2D eigenvalue weighted by Crippen LogP contribution is -2.32. The highest BCUT2D eigenvalue weighted by atomic mass is 32.2. The molecular weight excluding hydrogens is 294 g/mol. The first kappa shape index (κ1) is 15.3. The predicted octanol–water partition coefficient (Wildman–Crippen LogP) is 0.956. The lowest BCUT2D eigenvalue weighted by Gasteiger charge is -2.06. The van der Waals surface area contributed by atoms with Gasteiger partial charge in [0.1, 0.15) is 11.3 Å². The molecule has 0 aliphatic rings. The van der Waals surface area contributed by atoms with Gasteiger partial charge in [-0.1, -0.05) is 13.8 Å². The predicted molar refractivity (Wildman–Crippen MR) is 78.3 cm³/mol. The number of fused-ring (bicyclic) bond motifs is 1. The minimum Gasteiger partial charge on any atom is -0.428 e. The summed E-state index contributed by atoms with van der Waals surface area (Å²) in [7, 11) is -3.91. The van der Waals surface area contributed by atoms with Crippen molar-refractivity contribution in [2.45, 2.75) is 19.1 Å². The van der Waals surface area contributed by atoms with Gasteiger partial charge in [-0.05, 0) is 18.1 Å². The van der Waals surface area contributed by atoms with E-state index in [-0.39, 0.29) is 11.5 Å². The molecule has 3 N–H and O–H groups in total. The second-order valence-corrected chi connectivity index (χ2v) is 7.03. The second-order valence-electron chi connectivity index (χ2n) is 5.16. The molecule has 0 radical (unpaired) electrons. The summed E-state index contributed by atoms with van der Waals surface area (Å²) in [6.45, 7) is 4.25. The van der Waals surface area contributed by atoms with Crippen molar-refractivity contribution in [1.29, 1.82) is 0 Å². The maximum absolute atomic E-state index is 12.1. The zero-order valence-electron chi connectivity index (χ0n) is 11.8. The number of anilines is 1. The van der Waals surface area contributed by atoms with E-state index >= 15 is 0 Å².